The Balaban J connectivity index is 3.23. The molecule has 0 aromatic heterocycles. The maximum Gasteiger partial charge on any atom is 0.418 e. The summed E-state index contributed by atoms with van der Waals surface area (Å²) in [5.74, 6) is -1.11. The topological polar surface area (TPSA) is 82.1 Å². The molecule has 0 spiro atoms. The molecule has 0 radical (unpaired) electrons. The molecule has 2 amide bonds. The molecule has 1 aliphatic heterocycles. The van der Waals surface area contributed by atoms with Crippen LogP contribution in [-0.4, -0.2) is 56.0 Å². The number of methoxy groups -OCH3 is 1. The van der Waals surface area contributed by atoms with Gasteiger partial charge in [0, 0.05) is 6.42 Å². The third-order valence-electron chi connectivity index (χ3n) is 5.05. The fraction of sp³-hybridized carbons (Fsp3) is 0.833. The van der Waals surface area contributed by atoms with Crippen LogP contribution < -0.4 is 0 Å². The molecule has 1 rings (SSSR count). The number of hydrogen-bond acceptors (Lipinski definition) is 6. The molecule has 0 saturated carbocycles. The van der Waals surface area contributed by atoms with Gasteiger partial charge in [-0.3, -0.25) is 4.79 Å². The number of carbonyl (C=O) groups excluding carboxylic acids is 3. The lowest BCUT2D eigenvalue weighted by Crippen LogP contribution is -2.60. The van der Waals surface area contributed by atoms with E-state index in [2.05, 4.69) is 20.8 Å². The van der Waals surface area contributed by atoms with Gasteiger partial charge >= 0.3 is 12.1 Å². The number of hydrogen-bond donors (Lipinski definition) is 0. The van der Waals surface area contributed by atoms with Crippen LogP contribution in [0.15, 0.2) is 0 Å². The Morgan fingerprint density at radius 2 is 1.69 bits per heavy atom. The Labute approximate surface area is 157 Å². The lowest BCUT2D eigenvalue weighted by Gasteiger charge is -2.41. The molecule has 1 fully saturated rings. The molecule has 0 N–H and O–H groups in total. The highest BCUT2D eigenvalue weighted by Crippen LogP contribution is 2.40. The zero-order valence-electron chi connectivity index (χ0n) is 17.5. The number of imide groups is 1. The van der Waals surface area contributed by atoms with Crippen LogP contribution in [0.2, 0.25) is 18.1 Å². The summed E-state index contributed by atoms with van der Waals surface area (Å²) in [6.45, 7) is 15.4. The van der Waals surface area contributed by atoms with Crippen LogP contribution in [0.25, 0.3) is 0 Å². The smallest absolute Gasteiger partial charge is 0.418 e. The van der Waals surface area contributed by atoms with Crippen LogP contribution in [0.4, 0.5) is 4.79 Å². The van der Waals surface area contributed by atoms with Gasteiger partial charge in [0.15, 0.2) is 13.9 Å². The van der Waals surface area contributed by atoms with Crippen molar-refractivity contribution in [1.82, 2.24) is 4.90 Å². The van der Waals surface area contributed by atoms with Gasteiger partial charge in [0.25, 0.3) is 0 Å². The largest absolute Gasteiger partial charge is 0.467 e. The van der Waals surface area contributed by atoms with Crippen molar-refractivity contribution < 1.29 is 28.3 Å². The summed E-state index contributed by atoms with van der Waals surface area (Å²) in [6.07, 6.45) is -0.620. The molecule has 7 nitrogen and oxygen atoms in total. The van der Waals surface area contributed by atoms with Gasteiger partial charge in [-0.05, 0) is 45.3 Å². The molecule has 150 valence electrons. The lowest BCUT2D eigenvalue weighted by molar-refractivity contribution is -0.158. The third-order valence-corrected chi connectivity index (χ3v) is 9.53. The van der Waals surface area contributed by atoms with Crippen LogP contribution in [0.3, 0.4) is 0 Å². The fourth-order valence-electron chi connectivity index (χ4n) is 2.46. The van der Waals surface area contributed by atoms with E-state index in [4.69, 9.17) is 13.9 Å². The minimum Gasteiger partial charge on any atom is -0.467 e. The van der Waals surface area contributed by atoms with E-state index < -0.39 is 37.4 Å². The van der Waals surface area contributed by atoms with Crippen LogP contribution in [-0.2, 0) is 23.5 Å². The zero-order valence-corrected chi connectivity index (χ0v) is 18.5. The van der Waals surface area contributed by atoms with Crippen molar-refractivity contribution in [1.29, 1.82) is 0 Å². The summed E-state index contributed by atoms with van der Waals surface area (Å²) in [6, 6.07) is 0. The van der Waals surface area contributed by atoms with Gasteiger partial charge in [0.2, 0.25) is 5.91 Å². The second kappa shape index (κ2) is 7.30. The molecule has 0 aromatic carbocycles. The molecular weight excluding hydrogens is 354 g/mol. The number of likely N-dealkylation sites (tertiary alicyclic amines) is 1. The van der Waals surface area contributed by atoms with Crippen molar-refractivity contribution in [2.24, 2.45) is 0 Å². The molecule has 1 aliphatic rings. The van der Waals surface area contributed by atoms with Crippen molar-refractivity contribution >= 4 is 26.3 Å². The van der Waals surface area contributed by atoms with Gasteiger partial charge in [0.05, 0.1) is 13.7 Å². The summed E-state index contributed by atoms with van der Waals surface area (Å²) in [7, 11) is -0.967. The molecule has 0 aromatic rings. The Morgan fingerprint density at radius 1 is 1.15 bits per heavy atom. The van der Waals surface area contributed by atoms with E-state index >= 15 is 0 Å². The number of rotatable bonds is 4. The van der Waals surface area contributed by atoms with E-state index in [1.54, 1.807) is 20.8 Å². The van der Waals surface area contributed by atoms with Crippen molar-refractivity contribution in [3.63, 3.8) is 0 Å². The standard InChI is InChI=1S/C18H33NO6Si/c1-16(2,3)25-15(22)19-13(20)10-11-18(19,14(21)23-7)12-24-26(8,9)17(4,5)6/h10-12H2,1-9H3. The van der Waals surface area contributed by atoms with E-state index in [0.29, 0.717) is 0 Å². The van der Waals surface area contributed by atoms with E-state index in [0.717, 1.165) is 4.90 Å². The molecule has 8 heteroatoms. The Morgan fingerprint density at radius 3 is 2.12 bits per heavy atom. The Bertz CT molecular complexity index is 575. The van der Waals surface area contributed by atoms with Gasteiger partial charge < -0.3 is 13.9 Å². The Kier molecular flexibility index (Phi) is 6.36. The van der Waals surface area contributed by atoms with Crippen LogP contribution >= 0.6 is 0 Å². The number of amides is 2. The molecular formula is C18H33NO6Si. The van der Waals surface area contributed by atoms with E-state index in [1.165, 1.54) is 7.11 Å². The fourth-order valence-corrected chi connectivity index (χ4v) is 3.49. The van der Waals surface area contributed by atoms with Gasteiger partial charge in [-0.25, -0.2) is 14.5 Å². The second-order valence-corrected chi connectivity index (χ2v) is 14.1. The summed E-state index contributed by atoms with van der Waals surface area (Å²) in [5.41, 5.74) is -2.27. The SMILES string of the molecule is COC(=O)C1(CO[Si](C)(C)C(C)(C)C)CCC(=O)N1C(=O)OC(C)(C)C. The van der Waals surface area contributed by atoms with Crippen molar-refractivity contribution in [3.8, 4) is 0 Å². The monoisotopic (exact) mass is 387 g/mol. The number of nitrogens with zero attached hydrogens (tertiary/aromatic N) is 1. The minimum absolute atomic E-state index is 0.0647. The van der Waals surface area contributed by atoms with Crippen molar-refractivity contribution in [3.05, 3.63) is 0 Å². The Hall–Kier alpha value is -1.41. The van der Waals surface area contributed by atoms with E-state index in [9.17, 15) is 14.4 Å². The van der Waals surface area contributed by atoms with E-state index in [-0.39, 0.29) is 24.5 Å². The summed E-state index contributed by atoms with van der Waals surface area (Å²) in [4.78, 5) is 38.6. The maximum absolute atomic E-state index is 12.7. The second-order valence-electron chi connectivity index (χ2n) is 9.28. The summed E-state index contributed by atoms with van der Waals surface area (Å²) >= 11 is 0. The zero-order chi connectivity index (χ0) is 20.6. The molecule has 1 atom stereocenters. The van der Waals surface area contributed by atoms with E-state index in [1.807, 2.05) is 13.1 Å². The van der Waals surface area contributed by atoms with Crippen molar-refractivity contribution in [2.45, 2.75) is 83.7 Å². The first-order valence-electron chi connectivity index (χ1n) is 8.86. The van der Waals surface area contributed by atoms with Crippen LogP contribution in [0.5, 0.6) is 0 Å². The first-order valence-corrected chi connectivity index (χ1v) is 11.8. The molecule has 1 unspecified atom stereocenters. The summed E-state index contributed by atoms with van der Waals surface area (Å²) in [5, 5.41) is -0.0797. The number of esters is 1. The van der Waals surface area contributed by atoms with Gasteiger partial charge in [-0.2, -0.15) is 0 Å². The summed E-state index contributed by atoms with van der Waals surface area (Å²) < 4.78 is 16.5. The number of carbonyl (C=O) groups is 3. The molecule has 0 aliphatic carbocycles. The predicted octanol–water partition coefficient (Wildman–Crippen LogP) is 3.48. The molecule has 0 bridgehead atoms. The molecule has 26 heavy (non-hydrogen) atoms. The van der Waals surface area contributed by atoms with Gasteiger partial charge in [-0.1, -0.05) is 20.8 Å². The maximum atomic E-state index is 12.7. The minimum atomic E-state index is -2.21. The third kappa shape index (κ3) is 4.65. The lowest BCUT2D eigenvalue weighted by atomic mass is 9.98. The molecule has 1 heterocycles. The van der Waals surface area contributed by atoms with Gasteiger partial charge in [0.1, 0.15) is 5.60 Å². The average Bonchev–Trinajstić information content (AvgIpc) is 2.79. The highest BCUT2D eigenvalue weighted by atomic mass is 28.4. The van der Waals surface area contributed by atoms with Crippen LogP contribution in [0.1, 0.15) is 54.4 Å². The number of ether oxygens (including phenoxy) is 2. The molecule has 1 saturated heterocycles. The average molecular weight is 388 g/mol. The van der Waals surface area contributed by atoms with Crippen LogP contribution in [0, 0.1) is 0 Å². The highest BCUT2D eigenvalue weighted by molar-refractivity contribution is 6.74. The van der Waals surface area contributed by atoms with Gasteiger partial charge in [-0.15, -0.1) is 0 Å². The van der Waals surface area contributed by atoms with Crippen molar-refractivity contribution in [2.75, 3.05) is 13.7 Å². The first kappa shape index (κ1) is 22.6. The highest BCUT2D eigenvalue weighted by Gasteiger charge is 2.57. The first-order chi connectivity index (χ1) is 11.6. The predicted molar refractivity (Wildman–Crippen MR) is 100 cm³/mol. The normalized spacial score (nSPS) is 21.7. The quantitative estimate of drug-likeness (QED) is 0.542.